The molecule has 4 nitrogen and oxygen atoms in total. The third-order valence-corrected chi connectivity index (χ3v) is 3.27. The molecule has 0 fully saturated rings. The number of benzene rings is 2. The Morgan fingerprint density at radius 1 is 1.14 bits per heavy atom. The van der Waals surface area contributed by atoms with E-state index in [2.05, 4.69) is 15.5 Å². The molecule has 0 amide bonds. The van der Waals surface area contributed by atoms with Crippen molar-refractivity contribution >= 4 is 5.69 Å². The van der Waals surface area contributed by atoms with E-state index in [9.17, 15) is 4.39 Å². The Balaban J connectivity index is 1.78. The molecule has 0 bridgehead atoms. The smallest absolute Gasteiger partial charge is 0.163 e. The molecule has 0 unspecified atom stereocenters. The predicted octanol–water partition coefficient (Wildman–Crippen LogP) is 3.23. The Kier molecular flexibility index (Phi) is 3.64. The molecule has 0 aliphatic rings. The standard InChI is InChI=1S/C16H15FN4/c1-21-11-19-20-16(21)12-6-4-7-14(9-12)18-10-13-5-2-3-8-15(13)17/h2-9,11,18H,10H2,1H3. The summed E-state index contributed by atoms with van der Waals surface area (Å²) >= 11 is 0. The molecule has 1 aromatic heterocycles. The molecule has 0 aliphatic carbocycles. The molecule has 3 rings (SSSR count). The van der Waals surface area contributed by atoms with Crippen molar-refractivity contribution in [2.75, 3.05) is 5.32 Å². The maximum absolute atomic E-state index is 13.6. The fourth-order valence-corrected chi connectivity index (χ4v) is 2.15. The van der Waals surface area contributed by atoms with Crippen LogP contribution >= 0.6 is 0 Å². The molecule has 0 aliphatic heterocycles. The van der Waals surface area contributed by atoms with Crippen LogP contribution in [-0.4, -0.2) is 14.8 Å². The highest BCUT2D eigenvalue weighted by atomic mass is 19.1. The molecule has 0 radical (unpaired) electrons. The van der Waals surface area contributed by atoms with Gasteiger partial charge in [0.25, 0.3) is 0 Å². The van der Waals surface area contributed by atoms with Crippen molar-refractivity contribution in [2.45, 2.75) is 6.54 Å². The quantitative estimate of drug-likeness (QED) is 0.799. The van der Waals surface area contributed by atoms with E-state index < -0.39 is 0 Å². The minimum absolute atomic E-state index is 0.200. The fraction of sp³-hybridized carbons (Fsp3) is 0.125. The SMILES string of the molecule is Cn1cnnc1-c1cccc(NCc2ccccc2F)c1. The van der Waals surface area contributed by atoms with Gasteiger partial charge in [0, 0.05) is 30.4 Å². The zero-order valence-corrected chi connectivity index (χ0v) is 11.6. The van der Waals surface area contributed by atoms with Crippen LogP contribution < -0.4 is 5.32 Å². The Bertz CT molecular complexity index is 751. The van der Waals surface area contributed by atoms with Crippen molar-refractivity contribution in [1.29, 1.82) is 0 Å². The molecule has 0 spiro atoms. The Morgan fingerprint density at radius 3 is 2.76 bits per heavy atom. The monoisotopic (exact) mass is 282 g/mol. The second-order valence-corrected chi connectivity index (χ2v) is 4.79. The highest BCUT2D eigenvalue weighted by Crippen LogP contribution is 2.20. The second kappa shape index (κ2) is 5.75. The van der Waals surface area contributed by atoms with E-state index in [0.717, 1.165) is 17.1 Å². The molecule has 0 saturated heterocycles. The van der Waals surface area contributed by atoms with Gasteiger partial charge in [0.15, 0.2) is 5.82 Å². The summed E-state index contributed by atoms with van der Waals surface area (Å²) in [5.41, 5.74) is 2.52. The van der Waals surface area contributed by atoms with Gasteiger partial charge < -0.3 is 9.88 Å². The number of hydrogen-bond acceptors (Lipinski definition) is 3. The summed E-state index contributed by atoms with van der Waals surface area (Å²) in [6.07, 6.45) is 1.66. The zero-order valence-electron chi connectivity index (χ0n) is 11.6. The normalized spacial score (nSPS) is 10.6. The van der Waals surface area contributed by atoms with Crippen LogP contribution in [0.25, 0.3) is 11.4 Å². The van der Waals surface area contributed by atoms with E-state index >= 15 is 0 Å². The lowest BCUT2D eigenvalue weighted by atomic mass is 10.1. The van der Waals surface area contributed by atoms with E-state index in [1.807, 2.05) is 41.9 Å². The molecule has 0 atom stereocenters. The first-order valence-corrected chi connectivity index (χ1v) is 6.66. The van der Waals surface area contributed by atoms with Gasteiger partial charge in [-0.15, -0.1) is 10.2 Å². The molecule has 106 valence electrons. The summed E-state index contributed by atoms with van der Waals surface area (Å²) in [7, 11) is 1.90. The summed E-state index contributed by atoms with van der Waals surface area (Å²) in [6, 6.07) is 14.6. The minimum Gasteiger partial charge on any atom is -0.381 e. The molecule has 1 N–H and O–H groups in total. The van der Waals surface area contributed by atoms with Gasteiger partial charge in [-0.1, -0.05) is 30.3 Å². The summed E-state index contributed by atoms with van der Waals surface area (Å²) in [6.45, 7) is 0.439. The van der Waals surface area contributed by atoms with Crippen LogP contribution in [0.4, 0.5) is 10.1 Å². The third kappa shape index (κ3) is 2.91. The number of hydrogen-bond donors (Lipinski definition) is 1. The van der Waals surface area contributed by atoms with Crippen molar-refractivity contribution in [3.63, 3.8) is 0 Å². The van der Waals surface area contributed by atoms with Crippen LogP contribution in [0.3, 0.4) is 0 Å². The van der Waals surface area contributed by atoms with Gasteiger partial charge in [-0.3, -0.25) is 0 Å². The van der Waals surface area contributed by atoms with E-state index in [0.29, 0.717) is 12.1 Å². The first-order valence-electron chi connectivity index (χ1n) is 6.66. The predicted molar refractivity (Wildman–Crippen MR) is 80.2 cm³/mol. The lowest BCUT2D eigenvalue weighted by molar-refractivity contribution is 0.613. The first kappa shape index (κ1) is 13.3. The Morgan fingerprint density at radius 2 is 2.00 bits per heavy atom. The van der Waals surface area contributed by atoms with Gasteiger partial charge in [0.05, 0.1) is 0 Å². The average molecular weight is 282 g/mol. The number of aryl methyl sites for hydroxylation is 1. The molecule has 0 saturated carbocycles. The van der Waals surface area contributed by atoms with Crippen molar-refractivity contribution in [1.82, 2.24) is 14.8 Å². The maximum atomic E-state index is 13.6. The van der Waals surface area contributed by atoms with Gasteiger partial charge in [-0.25, -0.2) is 4.39 Å². The second-order valence-electron chi connectivity index (χ2n) is 4.79. The van der Waals surface area contributed by atoms with Gasteiger partial charge in [0.2, 0.25) is 0 Å². The number of halogens is 1. The van der Waals surface area contributed by atoms with Gasteiger partial charge >= 0.3 is 0 Å². The van der Waals surface area contributed by atoms with Crippen molar-refractivity contribution in [3.8, 4) is 11.4 Å². The van der Waals surface area contributed by atoms with E-state index in [1.54, 1.807) is 18.5 Å². The largest absolute Gasteiger partial charge is 0.381 e. The molecule has 1 heterocycles. The van der Waals surface area contributed by atoms with Gasteiger partial charge in [-0.05, 0) is 18.2 Å². The summed E-state index contributed by atoms with van der Waals surface area (Å²) < 4.78 is 15.4. The van der Waals surface area contributed by atoms with Crippen LogP contribution in [0.2, 0.25) is 0 Å². The average Bonchev–Trinajstić information content (AvgIpc) is 2.93. The first-order chi connectivity index (χ1) is 10.2. The highest BCUT2D eigenvalue weighted by molar-refractivity contribution is 5.62. The summed E-state index contributed by atoms with van der Waals surface area (Å²) in [5, 5.41) is 11.2. The number of aromatic nitrogens is 3. The number of anilines is 1. The number of nitrogens with one attached hydrogen (secondary N) is 1. The lowest BCUT2D eigenvalue weighted by Gasteiger charge is -2.09. The summed E-state index contributed by atoms with van der Waals surface area (Å²) in [5.74, 6) is 0.596. The molecular formula is C16H15FN4. The van der Waals surface area contributed by atoms with Crippen LogP contribution in [0, 0.1) is 5.82 Å². The highest BCUT2D eigenvalue weighted by Gasteiger charge is 2.05. The van der Waals surface area contributed by atoms with Gasteiger partial charge in [-0.2, -0.15) is 0 Å². The maximum Gasteiger partial charge on any atom is 0.163 e. The third-order valence-electron chi connectivity index (χ3n) is 3.27. The van der Waals surface area contributed by atoms with Crippen LogP contribution in [0.1, 0.15) is 5.56 Å². The van der Waals surface area contributed by atoms with E-state index in [4.69, 9.17) is 0 Å². The topological polar surface area (TPSA) is 42.7 Å². The lowest BCUT2D eigenvalue weighted by Crippen LogP contribution is -2.02. The van der Waals surface area contributed by atoms with Gasteiger partial charge in [0.1, 0.15) is 12.1 Å². The molecule has 2 aromatic carbocycles. The molecule has 5 heteroatoms. The molecular weight excluding hydrogens is 267 g/mol. The van der Waals surface area contributed by atoms with E-state index in [-0.39, 0.29) is 5.82 Å². The minimum atomic E-state index is -0.200. The van der Waals surface area contributed by atoms with Crippen molar-refractivity contribution < 1.29 is 4.39 Å². The van der Waals surface area contributed by atoms with Crippen LogP contribution in [0.15, 0.2) is 54.9 Å². The fourth-order valence-electron chi connectivity index (χ4n) is 2.15. The number of nitrogens with zero attached hydrogens (tertiary/aromatic N) is 3. The Hall–Kier alpha value is -2.69. The van der Waals surface area contributed by atoms with Crippen molar-refractivity contribution in [3.05, 3.63) is 66.2 Å². The van der Waals surface area contributed by atoms with Crippen LogP contribution in [-0.2, 0) is 13.6 Å². The molecule has 21 heavy (non-hydrogen) atoms. The summed E-state index contributed by atoms with van der Waals surface area (Å²) in [4.78, 5) is 0. The Labute approximate surface area is 122 Å². The van der Waals surface area contributed by atoms with Crippen molar-refractivity contribution in [2.24, 2.45) is 7.05 Å². The number of rotatable bonds is 4. The zero-order chi connectivity index (χ0) is 14.7. The molecule has 3 aromatic rings. The van der Waals surface area contributed by atoms with E-state index in [1.165, 1.54) is 6.07 Å². The van der Waals surface area contributed by atoms with Crippen LogP contribution in [0.5, 0.6) is 0 Å².